The summed E-state index contributed by atoms with van der Waals surface area (Å²) in [5, 5.41) is 0. The van der Waals surface area contributed by atoms with Crippen LogP contribution in [0.1, 0.15) is 100 Å². The van der Waals surface area contributed by atoms with Gasteiger partial charge in [-0.3, -0.25) is 4.90 Å². The molecule has 0 aromatic carbocycles. The molecule has 0 spiro atoms. The van der Waals surface area contributed by atoms with Crippen molar-refractivity contribution in [2.24, 2.45) is 5.41 Å². The maximum Gasteiger partial charge on any atom is 0.0149 e. The highest BCUT2D eigenvalue weighted by Gasteiger charge is 2.32. The van der Waals surface area contributed by atoms with E-state index in [9.17, 15) is 0 Å². The normalized spacial score (nSPS) is 14.6. The van der Waals surface area contributed by atoms with Gasteiger partial charge in [-0.25, -0.2) is 0 Å². The van der Waals surface area contributed by atoms with Crippen LogP contribution in [0.4, 0.5) is 0 Å². The van der Waals surface area contributed by atoms with Gasteiger partial charge in [-0.1, -0.05) is 66.2 Å². The minimum atomic E-state index is 0.373. The van der Waals surface area contributed by atoms with Crippen molar-refractivity contribution >= 4 is 0 Å². The molecule has 0 saturated heterocycles. The first-order valence-corrected chi connectivity index (χ1v) is 8.99. The van der Waals surface area contributed by atoms with E-state index in [-0.39, 0.29) is 0 Å². The van der Waals surface area contributed by atoms with E-state index in [1.165, 1.54) is 44.9 Å². The van der Waals surface area contributed by atoms with Crippen LogP contribution in [0.3, 0.4) is 0 Å². The van der Waals surface area contributed by atoms with Crippen molar-refractivity contribution in [3.8, 4) is 0 Å². The van der Waals surface area contributed by atoms with E-state index in [0.717, 1.165) is 0 Å². The molecular weight excluding hydrogens is 242 g/mol. The summed E-state index contributed by atoms with van der Waals surface area (Å²) in [5.74, 6) is 0. The van der Waals surface area contributed by atoms with Crippen LogP contribution in [-0.2, 0) is 0 Å². The number of unbranched alkanes of at least 4 members (excludes halogenated alkanes) is 5. The third kappa shape index (κ3) is 7.67. The zero-order chi connectivity index (χ0) is 15.8. The molecule has 0 rings (SSSR count). The van der Waals surface area contributed by atoms with E-state index < -0.39 is 0 Å². The van der Waals surface area contributed by atoms with Crippen LogP contribution >= 0.6 is 0 Å². The Balaban J connectivity index is 4.43. The zero-order valence-corrected chi connectivity index (χ0v) is 15.6. The molecule has 0 saturated carbocycles. The summed E-state index contributed by atoms with van der Waals surface area (Å²) in [5.41, 5.74) is 0.373. The van der Waals surface area contributed by atoms with Crippen molar-refractivity contribution in [2.45, 2.75) is 118 Å². The molecule has 1 unspecified atom stereocenters. The lowest BCUT2D eigenvalue weighted by atomic mass is 9.81. The molecule has 1 nitrogen and oxygen atoms in total. The second-order valence-corrected chi connectivity index (χ2v) is 8.07. The summed E-state index contributed by atoms with van der Waals surface area (Å²) in [7, 11) is 0. The Hall–Kier alpha value is -0.0400. The van der Waals surface area contributed by atoms with Crippen LogP contribution in [0.15, 0.2) is 0 Å². The topological polar surface area (TPSA) is 3.24 Å². The second kappa shape index (κ2) is 9.82. The van der Waals surface area contributed by atoms with Gasteiger partial charge in [-0.05, 0) is 39.5 Å². The predicted octanol–water partition coefficient (Wildman–Crippen LogP) is 6.27. The minimum absolute atomic E-state index is 0.373. The Morgan fingerprint density at radius 3 is 1.60 bits per heavy atom. The maximum atomic E-state index is 2.73. The summed E-state index contributed by atoms with van der Waals surface area (Å²) in [4.78, 5) is 2.73. The lowest BCUT2D eigenvalue weighted by molar-refractivity contribution is 0.0353. The van der Waals surface area contributed by atoms with E-state index in [4.69, 9.17) is 0 Å². The molecule has 0 amide bonds. The lowest BCUT2D eigenvalue weighted by Gasteiger charge is -2.45. The average molecular weight is 284 g/mol. The lowest BCUT2D eigenvalue weighted by Crippen LogP contribution is -2.50. The highest BCUT2D eigenvalue weighted by Crippen LogP contribution is 2.31. The van der Waals surface area contributed by atoms with Gasteiger partial charge >= 0.3 is 0 Å². The first-order valence-electron chi connectivity index (χ1n) is 8.99. The first kappa shape index (κ1) is 20.0. The molecule has 122 valence electrons. The standard InChI is InChI=1S/C19H41N/c1-9-10-11-12-13-14-15-18(19(6,7)8)20(16(2)3)17(4)5/h16-18H,9-15H2,1-8H3. The van der Waals surface area contributed by atoms with E-state index >= 15 is 0 Å². The molecule has 0 heterocycles. The van der Waals surface area contributed by atoms with Gasteiger partial charge in [-0.15, -0.1) is 0 Å². The molecule has 20 heavy (non-hydrogen) atoms. The largest absolute Gasteiger partial charge is 0.295 e. The minimum Gasteiger partial charge on any atom is -0.295 e. The van der Waals surface area contributed by atoms with Gasteiger partial charge in [0.05, 0.1) is 0 Å². The third-order valence-electron chi connectivity index (χ3n) is 4.38. The van der Waals surface area contributed by atoms with Crippen molar-refractivity contribution in [1.82, 2.24) is 4.90 Å². The van der Waals surface area contributed by atoms with Crippen molar-refractivity contribution in [3.63, 3.8) is 0 Å². The van der Waals surface area contributed by atoms with Crippen LogP contribution in [0.2, 0.25) is 0 Å². The van der Waals surface area contributed by atoms with E-state index in [1.807, 2.05) is 0 Å². The Morgan fingerprint density at radius 1 is 0.750 bits per heavy atom. The maximum absolute atomic E-state index is 2.73. The Labute approximate surface area is 129 Å². The second-order valence-electron chi connectivity index (χ2n) is 8.07. The van der Waals surface area contributed by atoms with Gasteiger partial charge in [0, 0.05) is 18.1 Å². The van der Waals surface area contributed by atoms with Crippen molar-refractivity contribution in [2.75, 3.05) is 0 Å². The molecule has 0 aromatic rings. The highest BCUT2D eigenvalue weighted by molar-refractivity contribution is 4.86. The Morgan fingerprint density at radius 2 is 1.20 bits per heavy atom. The molecule has 0 fully saturated rings. The molecule has 0 bridgehead atoms. The van der Waals surface area contributed by atoms with Crippen LogP contribution in [0, 0.1) is 5.41 Å². The Kier molecular flexibility index (Phi) is 9.80. The number of hydrogen-bond donors (Lipinski definition) is 0. The van der Waals surface area contributed by atoms with Gasteiger partial charge in [0.2, 0.25) is 0 Å². The van der Waals surface area contributed by atoms with Crippen LogP contribution in [0.5, 0.6) is 0 Å². The Bertz CT molecular complexity index is 216. The zero-order valence-electron chi connectivity index (χ0n) is 15.6. The van der Waals surface area contributed by atoms with Gasteiger partial charge < -0.3 is 0 Å². The quantitative estimate of drug-likeness (QED) is 0.427. The number of hydrogen-bond acceptors (Lipinski definition) is 1. The summed E-state index contributed by atoms with van der Waals surface area (Å²) >= 11 is 0. The van der Waals surface area contributed by atoms with Crippen LogP contribution < -0.4 is 0 Å². The van der Waals surface area contributed by atoms with Crippen molar-refractivity contribution in [1.29, 1.82) is 0 Å². The molecule has 0 N–H and O–H groups in total. The molecule has 0 radical (unpaired) electrons. The van der Waals surface area contributed by atoms with Gasteiger partial charge in [0.25, 0.3) is 0 Å². The van der Waals surface area contributed by atoms with Crippen molar-refractivity contribution < 1.29 is 0 Å². The van der Waals surface area contributed by atoms with Gasteiger partial charge in [0.15, 0.2) is 0 Å². The summed E-state index contributed by atoms with van der Waals surface area (Å²) in [6.07, 6.45) is 9.76. The van der Waals surface area contributed by atoms with Crippen LogP contribution in [-0.4, -0.2) is 23.0 Å². The molecular formula is C19H41N. The third-order valence-corrected chi connectivity index (χ3v) is 4.38. The fourth-order valence-corrected chi connectivity index (χ4v) is 3.46. The first-order chi connectivity index (χ1) is 9.21. The summed E-state index contributed by atoms with van der Waals surface area (Å²) in [6, 6.07) is 1.98. The number of rotatable bonds is 10. The molecule has 0 aliphatic carbocycles. The fraction of sp³-hybridized carbons (Fsp3) is 1.00. The van der Waals surface area contributed by atoms with E-state index in [0.29, 0.717) is 23.5 Å². The van der Waals surface area contributed by atoms with Crippen LogP contribution in [0.25, 0.3) is 0 Å². The monoisotopic (exact) mass is 283 g/mol. The summed E-state index contributed by atoms with van der Waals surface area (Å²) < 4.78 is 0. The molecule has 1 atom stereocenters. The van der Waals surface area contributed by atoms with E-state index in [1.54, 1.807) is 0 Å². The molecule has 0 aromatic heterocycles. The number of nitrogens with zero attached hydrogens (tertiary/aromatic N) is 1. The fourth-order valence-electron chi connectivity index (χ4n) is 3.46. The molecule has 0 aliphatic rings. The summed E-state index contributed by atoms with van der Waals surface area (Å²) in [6.45, 7) is 18.9. The SMILES string of the molecule is CCCCCCCCC(N(C(C)C)C(C)C)C(C)(C)C. The van der Waals surface area contributed by atoms with E-state index in [2.05, 4.69) is 60.3 Å². The van der Waals surface area contributed by atoms with Crippen molar-refractivity contribution in [3.05, 3.63) is 0 Å². The highest BCUT2D eigenvalue weighted by atomic mass is 15.2. The average Bonchev–Trinajstić information content (AvgIpc) is 2.29. The molecule has 0 aliphatic heterocycles. The predicted molar refractivity (Wildman–Crippen MR) is 93.3 cm³/mol. The molecule has 1 heteroatoms. The van der Waals surface area contributed by atoms with Gasteiger partial charge in [-0.2, -0.15) is 0 Å². The smallest absolute Gasteiger partial charge is 0.0149 e. The van der Waals surface area contributed by atoms with Gasteiger partial charge in [0.1, 0.15) is 0 Å².